The summed E-state index contributed by atoms with van der Waals surface area (Å²) in [6.45, 7) is 0. The molecule has 0 atom stereocenters. The van der Waals surface area contributed by atoms with Gasteiger partial charge in [-0.1, -0.05) is 218 Å². The van der Waals surface area contributed by atoms with Gasteiger partial charge in [0, 0.05) is 66.4 Å². The van der Waals surface area contributed by atoms with Crippen LogP contribution in [-0.2, 0) is 0 Å². The van der Waals surface area contributed by atoms with Gasteiger partial charge in [0.25, 0.3) is 0 Å². The molecule has 0 spiro atoms. The molecule has 15 aromatic carbocycles. The molecule has 0 aliphatic heterocycles. The normalized spacial score (nSPS) is 11.4. The molecule has 0 N–H and O–H groups in total. The Morgan fingerprint density at radius 2 is 0.437 bits per heavy atom. The van der Waals surface area contributed by atoms with Crippen LogP contribution in [0.25, 0.3) is 70.6 Å². The average Bonchev–Trinajstić information content (AvgIpc) is 1.97. The first kappa shape index (κ1) is 51.0. The molecule has 0 amide bonds. The SMILES string of the molecule is c1ccc(N(c2cc(N(c3ccccc3)c3cccc4ccccc34)cc(-n3c4ccc(N(c5ccccc5)c5cccc6ccccc56)cc4c4cc(N(c5ccccc5)c5cccc6ccccc56)ccc43)c2)c2cccc3ccccc23)cc1. The van der Waals surface area contributed by atoms with Crippen molar-refractivity contribution >= 4 is 133 Å². The largest absolute Gasteiger partial charge is 0.310 e. The van der Waals surface area contributed by atoms with Gasteiger partial charge in [-0.3, -0.25) is 0 Å². The van der Waals surface area contributed by atoms with Crippen molar-refractivity contribution in [1.82, 2.24) is 4.57 Å². The standard InChI is InChI=1S/C82H57N5/c1-5-33-62(34-6-1)83(77-45-21-29-58-25-13-17-41-71(58)77)66-49-51-81-75(56-66)76-57-67(84(63-35-7-2-8-36-63)78-46-22-30-59-26-14-18-42-72(59)78)50-52-82(76)87(81)70-54-68(85(64-37-9-3-10-38-64)79-47-23-31-60-27-15-19-43-73(60)79)53-69(55-70)86(65-39-11-4-12-40-65)80-48-24-32-61-28-16-20-44-74(61)80/h1-57H. The average molecular weight is 1110 g/mol. The van der Waals surface area contributed by atoms with E-state index in [0.29, 0.717) is 0 Å². The van der Waals surface area contributed by atoms with Crippen molar-refractivity contribution in [2.45, 2.75) is 0 Å². The summed E-state index contributed by atoms with van der Waals surface area (Å²) in [6, 6.07) is 126. The highest BCUT2D eigenvalue weighted by Crippen LogP contribution is 2.49. The van der Waals surface area contributed by atoms with E-state index in [-0.39, 0.29) is 0 Å². The van der Waals surface area contributed by atoms with Crippen molar-refractivity contribution in [3.05, 3.63) is 346 Å². The summed E-state index contributed by atoms with van der Waals surface area (Å²) in [5.41, 5.74) is 15.9. The summed E-state index contributed by atoms with van der Waals surface area (Å²) in [5, 5.41) is 11.6. The second-order valence-electron chi connectivity index (χ2n) is 22.1. The first-order valence-electron chi connectivity index (χ1n) is 29.7. The summed E-state index contributed by atoms with van der Waals surface area (Å²) in [6.07, 6.45) is 0. The van der Waals surface area contributed by atoms with Gasteiger partial charge in [-0.25, -0.2) is 0 Å². The number of nitrogens with zero attached hydrogens (tertiary/aromatic N) is 5. The molecule has 0 aliphatic carbocycles. The molecule has 5 heteroatoms. The minimum atomic E-state index is 1.01. The summed E-state index contributed by atoms with van der Waals surface area (Å²) in [4.78, 5) is 9.72. The third-order valence-electron chi connectivity index (χ3n) is 17.0. The van der Waals surface area contributed by atoms with Gasteiger partial charge in [0.2, 0.25) is 0 Å². The van der Waals surface area contributed by atoms with Crippen LogP contribution in [0.1, 0.15) is 0 Å². The predicted molar refractivity (Wildman–Crippen MR) is 370 cm³/mol. The van der Waals surface area contributed by atoms with Crippen LogP contribution < -0.4 is 19.6 Å². The first-order chi connectivity index (χ1) is 43.2. The Morgan fingerprint density at radius 3 is 0.747 bits per heavy atom. The van der Waals surface area contributed by atoms with E-state index < -0.39 is 0 Å². The minimum Gasteiger partial charge on any atom is -0.310 e. The summed E-state index contributed by atoms with van der Waals surface area (Å²) in [7, 11) is 0. The zero-order chi connectivity index (χ0) is 57.6. The van der Waals surface area contributed by atoms with E-state index in [1.807, 2.05) is 0 Å². The van der Waals surface area contributed by atoms with Gasteiger partial charge < -0.3 is 24.2 Å². The van der Waals surface area contributed by atoms with E-state index in [2.05, 4.69) is 370 Å². The maximum Gasteiger partial charge on any atom is 0.0542 e. The van der Waals surface area contributed by atoms with Gasteiger partial charge in [0.1, 0.15) is 0 Å². The summed E-state index contributed by atoms with van der Waals surface area (Å²) in [5.74, 6) is 0. The molecular formula is C82H57N5. The molecule has 0 unspecified atom stereocenters. The van der Waals surface area contributed by atoms with E-state index in [9.17, 15) is 0 Å². The van der Waals surface area contributed by atoms with Crippen molar-refractivity contribution in [3.8, 4) is 5.69 Å². The van der Waals surface area contributed by atoms with Crippen LogP contribution in [0.2, 0.25) is 0 Å². The Hall–Kier alpha value is -11.7. The van der Waals surface area contributed by atoms with Crippen LogP contribution in [0.4, 0.5) is 68.2 Å². The molecule has 1 aromatic heterocycles. The number of fused-ring (bicyclic) bond motifs is 7. The number of anilines is 12. The molecule has 0 radical (unpaired) electrons. The van der Waals surface area contributed by atoms with Gasteiger partial charge in [-0.05, 0) is 149 Å². The number of para-hydroxylation sites is 4. The zero-order valence-electron chi connectivity index (χ0n) is 47.6. The molecule has 0 aliphatic rings. The maximum absolute atomic E-state index is 2.50. The fourth-order valence-corrected chi connectivity index (χ4v) is 13.2. The Bertz CT molecular complexity index is 4850. The zero-order valence-corrected chi connectivity index (χ0v) is 47.6. The smallest absolute Gasteiger partial charge is 0.0542 e. The number of benzene rings is 15. The lowest BCUT2D eigenvalue weighted by molar-refractivity contribution is 1.16. The second-order valence-corrected chi connectivity index (χ2v) is 22.1. The van der Waals surface area contributed by atoms with Gasteiger partial charge in [0.15, 0.2) is 0 Å². The maximum atomic E-state index is 2.50. The molecule has 1 heterocycles. The van der Waals surface area contributed by atoms with Crippen molar-refractivity contribution < 1.29 is 0 Å². The van der Waals surface area contributed by atoms with Crippen LogP contribution in [-0.4, -0.2) is 4.57 Å². The van der Waals surface area contributed by atoms with Crippen molar-refractivity contribution in [2.24, 2.45) is 0 Å². The minimum absolute atomic E-state index is 1.01. The molecule has 0 fully saturated rings. The van der Waals surface area contributed by atoms with E-state index in [4.69, 9.17) is 0 Å². The van der Waals surface area contributed by atoms with Gasteiger partial charge in [0.05, 0.1) is 50.8 Å². The Kier molecular flexibility index (Phi) is 12.8. The number of hydrogen-bond donors (Lipinski definition) is 0. The highest BCUT2D eigenvalue weighted by molar-refractivity contribution is 6.14. The van der Waals surface area contributed by atoms with Crippen molar-refractivity contribution in [3.63, 3.8) is 0 Å². The quantitative estimate of drug-likeness (QED) is 0.114. The Balaban J connectivity index is 1.01. The van der Waals surface area contributed by atoms with E-state index >= 15 is 0 Å². The molecular weight excluding hydrogens is 1050 g/mol. The summed E-state index contributed by atoms with van der Waals surface area (Å²) < 4.78 is 2.50. The molecule has 0 saturated heterocycles. The van der Waals surface area contributed by atoms with E-state index in [1.54, 1.807) is 0 Å². The van der Waals surface area contributed by atoms with Crippen LogP contribution >= 0.6 is 0 Å². The van der Waals surface area contributed by atoms with Gasteiger partial charge in [-0.2, -0.15) is 0 Å². The van der Waals surface area contributed by atoms with Crippen molar-refractivity contribution in [2.75, 3.05) is 19.6 Å². The lowest BCUT2D eigenvalue weighted by Gasteiger charge is -2.31. The van der Waals surface area contributed by atoms with Crippen molar-refractivity contribution in [1.29, 1.82) is 0 Å². The predicted octanol–water partition coefficient (Wildman–Crippen LogP) is 23.3. The van der Waals surface area contributed by atoms with E-state index in [1.165, 1.54) is 32.3 Å². The fraction of sp³-hybridized carbons (Fsp3) is 0. The molecule has 0 bridgehead atoms. The van der Waals surface area contributed by atoms with Crippen LogP contribution in [0.5, 0.6) is 0 Å². The highest BCUT2D eigenvalue weighted by Gasteiger charge is 2.26. The fourth-order valence-electron chi connectivity index (χ4n) is 13.2. The highest BCUT2D eigenvalue weighted by atomic mass is 15.2. The Morgan fingerprint density at radius 1 is 0.172 bits per heavy atom. The van der Waals surface area contributed by atoms with Crippen LogP contribution in [0.3, 0.4) is 0 Å². The van der Waals surface area contributed by atoms with E-state index in [0.717, 1.165) is 107 Å². The van der Waals surface area contributed by atoms with Crippen LogP contribution in [0, 0.1) is 0 Å². The second kappa shape index (κ2) is 21.8. The molecule has 410 valence electrons. The molecule has 0 saturated carbocycles. The topological polar surface area (TPSA) is 17.9 Å². The molecule has 87 heavy (non-hydrogen) atoms. The number of rotatable bonds is 13. The number of aromatic nitrogens is 1. The Labute approximate surface area is 505 Å². The summed E-state index contributed by atoms with van der Waals surface area (Å²) >= 11 is 0. The van der Waals surface area contributed by atoms with Gasteiger partial charge in [-0.15, -0.1) is 0 Å². The molecule has 5 nitrogen and oxygen atoms in total. The molecule has 16 aromatic rings. The monoisotopic (exact) mass is 1110 g/mol. The van der Waals surface area contributed by atoms with Gasteiger partial charge >= 0.3 is 0 Å². The number of hydrogen-bond acceptors (Lipinski definition) is 4. The lowest BCUT2D eigenvalue weighted by Crippen LogP contribution is -2.15. The van der Waals surface area contributed by atoms with Crippen LogP contribution in [0.15, 0.2) is 346 Å². The molecule has 16 rings (SSSR count). The third kappa shape index (κ3) is 9.14. The lowest BCUT2D eigenvalue weighted by atomic mass is 10.0. The first-order valence-corrected chi connectivity index (χ1v) is 29.7. The third-order valence-corrected chi connectivity index (χ3v) is 17.0.